The highest BCUT2D eigenvalue weighted by molar-refractivity contribution is 5.86. The predicted molar refractivity (Wildman–Crippen MR) is 123 cm³/mol. The SMILES string of the molecule is Cc1ccc(-n2c([C@H](C)Nc3ncnc4nc[nH]c34)cc3cccc(C)c3c2=O)cc1. The molecule has 7 nitrogen and oxygen atoms in total. The summed E-state index contributed by atoms with van der Waals surface area (Å²) in [5.41, 5.74) is 5.08. The quantitative estimate of drug-likeness (QED) is 0.457. The summed E-state index contributed by atoms with van der Waals surface area (Å²) >= 11 is 0. The zero-order valence-electron chi connectivity index (χ0n) is 17.5. The number of anilines is 1. The van der Waals surface area contributed by atoms with Crippen LogP contribution in [0.15, 0.2) is 66.0 Å². The molecule has 3 heterocycles. The summed E-state index contributed by atoms with van der Waals surface area (Å²) in [5, 5.41) is 5.09. The fourth-order valence-electron chi connectivity index (χ4n) is 3.99. The van der Waals surface area contributed by atoms with E-state index >= 15 is 0 Å². The fraction of sp³-hybridized carbons (Fsp3) is 0.167. The van der Waals surface area contributed by atoms with Crippen molar-refractivity contribution < 1.29 is 0 Å². The van der Waals surface area contributed by atoms with Gasteiger partial charge in [-0.25, -0.2) is 15.0 Å². The van der Waals surface area contributed by atoms with Crippen LogP contribution in [0.1, 0.15) is 29.8 Å². The highest BCUT2D eigenvalue weighted by atomic mass is 16.1. The monoisotopic (exact) mass is 410 g/mol. The van der Waals surface area contributed by atoms with Gasteiger partial charge in [-0.1, -0.05) is 35.9 Å². The molecule has 5 rings (SSSR count). The summed E-state index contributed by atoms with van der Waals surface area (Å²) in [4.78, 5) is 29.5. The molecule has 0 saturated carbocycles. The van der Waals surface area contributed by atoms with Gasteiger partial charge in [-0.15, -0.1) is 0 Å². The van der Waals surface area contributed by atoms with Gasteiger partial charge in [0.05, 0.1) is 17.8 Å². The second-order valence-electron chi connectivity index (χ2n) is 7.77. The van der Waals surface area contributed by atoms with Crippen LogP contribution in [0, 0.1) is 13.8 Å². The summed E-state index contributed by atoms with van der Waals surface area (Å²) in [7, 11) is 0. The lowest BCUT2D eigenvalue weighted by Gasteiger charge is -2.22. The van der Waals surface area contributed by atoms with Gasteiger partial charge in [0.2, 0.25) is 0 Å². The Morgan fingerprint density at radius 3 is 2.65 bits per heavy atom. The maximum absolute atomic E-state index is 13.7. The van der Waals surface area contributed by atoms with E-state index in [1.54, 1.807) is 10.9 Å². The van der Waals surface area contributed by atoms with Gasteiger partial charge in [-0.05, 0) is 49.9 Å². The molecule has 0 aliphatic heterocycles. The maximum atomic E-state index is 13.7. The largest absolute Gasteiger partial charge is 0.360 e. The third-order valence-electron chi connectivity index (χ3n) is 5.60. The molecule has 0 spiro atoms. The molecular formula is C24H22N6O. The van der Waals surface area contributed by atoms with E-state index in [9.17, 15) is 4.79 Å². The van der Waals surface area contributed by atoms with Crippen molar-refractivity contribution in [2.45, 2.75) is 26.8 Å². The van der Waals surface area contributed by atoms with Crippen LogP contribution in [-0.4, -0.2) is 24.5 Å². The van der Waals surface area contributed by atoms with Crippen LogP contribution in [-0.2, 0) is 0 Å². The number of fused-ring (bicyclic) bond motifs is 2. The Balaban J connectivity index is 1.71. The second kappa shape index (κ2) is 7.36. The molecule has 2 aromatic carbocycles. The molecule has 7 heteroatoms. The Labute approximate surface area is 178 Å². The number of imidazole rings is 1. The molecule has 0 amide bonds. The summed E-state index contributed by atoms with van der Waals surface area (Å²) in [6.45, 7) is 6.03. The number of aromatic amines is 1. The number of hydrogen-bond acceptors (Lipinski definition) is 5. The van der Waals surface area contributed by atoms with Crippen molar-refractivity contribution in [3.8, 4) is 5.69 Å². The van der Waals surface area contributed by atoms with E-state index in [-0.39, 0.29) is 11.6 Å². The zero-order chi connectivity index (χ0) is 21.5. The predicted octanol–water partition coefficient (Wildman–Crippen LogP) is 4.45. The minimum atomic E-state index is -0.208. The highest BCUT2D eigenvalue weighted by Gasteiger charge is 2.19. The van der Waals surface area contributed by atoms with Crippen LogP contribution in [0.25, 0.3) is 27.6 Å². The van der Waals surface area contributed by atoms with Gasteiger partial charge in [0, 0.05) is 11.4 Å². The van der Waals surface area contributed by atoms with Gasteiger partial charge in [0.15, 0.2) is 11.5 Å². The Bertz CT molecular complexity index is 1470. The minimum Gasteiger partial charge on any atom is -0.360 e. The van der Waals surface area contributed by atoms with Gasteiger partial charge in [-0.2, -0.15) is 0 Å². The van der Waals surface area contributed by atoms with E-state index in [0.717, 1.165) is 38.8 Å². The third kappa shape index (κ3) is 3.24. The lowest BCUT2D eigenvalue weighted by atomic mass is 10.0. The number of rotatable bonds is 4. The molecule has 0 radical (unpaired) electrons. The van der Waals surface area contributed by atoms with Crippen molar-refractivity contribution in [1.29, 1.82) is 0 Å². The molecule has 3 aromatic heterocycles. The first-order valence-electron chi connectivity index (χ1n) is 10.2. The number of aromatic nitrogens is 5. The molecule has 0 aliphatic rings. The molecule has 31 heavy (non-hydrogen) atoms. The molecule has 154 valence electrons. The van der Waals surface area contributed by atoms with Gasteiger partial charge in [-0.3, -0.25) is 9.36 Å². The van der Waals surface area contributed by atoms with Gasteiger partial charge in [0.1, 0.15) is 11.8 Å². The summed E-state index contributed by atoms with van der Waals surface area (Å²) in [6, 6.07) is 15.8. The van der Waals surface area contributed by atoms with Crippen LogP contribution >= 0.6 is 0 Å². The second-order valence-corrected chi connectivity index (χ2v) is 7.77. The van der Waals surface area contributed by atoms with E-state index < -0.39 is 0 Å². The van der Waals surface area contributed by atoms with Gasteiger partial charge >= 0.3 is 0 Å². The normalized spacial score (nSPS) is 12.4. The van der Waals surface area contributed by atoms with Gasteiger partial charge < -0.3 is 10.3 Å². The molecular weight excluding hydrogens is 388 g/mol. The Morgan fingerprint density at radius 2 is 1.84 bits per heavy atom. The van der Waals surface area contributed by atoms with E-state index in [2.05, 4.69) is 31.3 Å². The third-order valence-corrected chi connectivity index (χ3v) is 5.60. The van der Waals surface area contributed by atoms with E-state index in [1.165, 1.54) is 6.33 Å². The van der Waals surface area contributed by atoms with Crippen LogP contribution in [0.4, 0.5) is 5.82 Å². The Hall–Kier alpha value is -4.00. The molecule has 0 fully saturated rings. The number of nitrogens with one attached hydrogen (secondary N) is 2. The van der Waals surface area contributed by atoms with Crippen molar-refractivity contribution in [3.63, 3.8) is 0 Å². The van der Waals surface area contributed by atoms with Crippen molar-refractivity contribution >= 4 is 27.8 Å². The highest BCUT2D eigenvalue weighted by Crippen LogP contribution is 2.26. The van der Waals surface area contributed by atoms with Crippen LogP contribution in [0.5, 0.6) is 0 Å². The summed E-state index contributed by atoms with van der Waals surface area (Å²) in [6.07, 6.45) is 3.07. The number of benzene rings is 2. The molecule has 5 aromatic rings. The Kier molecular flexibility index (Phi) is 4.51. The van der Waals surface area contributed by atoms with E-state index in [4.69, 9.17) is 0 Å². The lowest BCUT2D eigenvalue weighted by Crippen LogP contribution is -2.26. The first kappa shape index (κ1) is 19.0. The topological polar surface area (TPSA) is 88.5 Å². The summed E-state index contributed by atoms with van der Waals surface area (Å²) < 4.78 is 1.79. The van der Waals surface area contributed by atoms with Crippen molar-refractivity contribution in [3.05, 3.63) is 88.4 Å². The van der Waals surface area contributed by atoms with Crippen LogP contribution in [0.2, 0.25) is 0 Å². The number of pyridine rings is 1. The molecule has 1 atom stereocenters. The lowest BCUT2D eigenvalue weighted by molar-refractivity contribution is 0.773. The van der Waals surface area contributed by atoms with Crippen molar-refractivity contribution in [1.82, 2.24) is 24.5 Å². The van der Waals surface area contributed by atoms with Crippen LogP contribution < -0.4 is 10.9 Å². The molecule has 0 unspecified atom stereocenters. The average molecular weight is 410 g/mol. The number of hydrogen-bond donors (Lipinski definition) is 2. The fourth-order valence-corrected chi connectivity index (χ4v) is 3.99. The van der Waals surface area contributed by atoms with Crippen molar-refractivity contribution in [2.75, 3.05) is 5.32 Å². The maximum Gasteiger partial charge on any atom is 0.263 e. The summed E-state index contributed by atoms with van der Waals surface area (Å²) in [5.74, 6) is 0.641. The van der Waals surface area contributed by atoms with Crippen LogP contribution in [0.3, 0.4) is 0 Å². The standard InChI is InChI=1S/C24H22N6O/c1-14-7-9-18(10-8-14)30-19(11-17-6-4-5-15(2)20(17)24(30)31)16(3)29-23-21-22(26-12-25-21)27-13-28-23/h4-13,16H,1-3H3,(H2,25,26,27,28,29)/t16-/m0/s1. The molecule has 0 saturated heterocycles. The van der Waals surface area contributed by atoms with Crippen molar-refractivity contribution in [2.24, 2.45) is 0 Å². The van der Waals surface area contributed by atoms with E-state index in [1.807, 2.05) is 63.2 Å². The molecule has 2 N–H and O–H groups in total. The Morgan fingerprint density at radius 1 is 1.03 bits per heavy atom. The number of aryl methyl sites for hydroxylation is 2. The first-order chi connectivity index (χ1) is 15.0. The zero-order valence-corrected chi connectivity index (χ0v) is 17.5. The number of H-pyrrole nitrogens is 1. The van der Waals surface area contributed by atoms with Gasteiger partial charge in [0.25, 0.3) is 5.56 Å². The van der Waals surface area contributed by atoms with E-state index in [0.29, 0.717) is 11.5 Å². The average Bonchev–Trinajstić information content (AvgIpc) is 3.24. The molecule has 0 aliphatic carbocycles. The smallest absolute Gasteiger partial charge is 0.263 e. The minimum absolute atomic E-state index is 0.0301. The molecule has 0 bridgehead atoms. The number of nitrogens with zero attached hydrogens (tertiary/aromatic N) is 4. The first-order valence-corrected chi connectivity index (χ1v) is 10.2.